The molecule has 7 nitrogen and oxygen atoms in total. The number of nitrogens with two attached hydrogens (primary N) is 1. The van der Waals surface area contributed by atoms with Crippen molar-refractivity contribution in [3.63, 3.8) is 0 Å². The van der Waals surface area contributed by atoms with Gasteiger partial charge in [0.1, 0.15) is 5.82 Å². The minimum Gasteiger partial charge on any atom is -0.390 e. The highest BCUT2D eigenvalue weighted by atomic mass is 16.3. The van der Waals surface area contributed by atoms with Gasteiger partial charge in [-0.3, -0.25) is 9.69 Å². The number of piperazine rings is 1. The normalized spacial score (nSPS) is 29.5. The number of aromatic nitrogens is 1. The van der Waals surface area contributed by atoms with Crippen molar-refractivity contribution in [2.75, 3.05) is 44.2 Å². The highest BCUT2D eigenvalue weighted by Gasteiger charge is 2.47. The average Bonchev–Trinajstić information content (AvgIpc) is 3.01. The van der Waals surface area contributed by atoms with Crippen LogP contribution in [-0.4, -0.2) is 82.8 Å². The zero-order valence-corrected chi connectivity index (χ0v) is 14.5. The summed E-state index contributed by atoms with van der Waals surface area (Å²) in [5.74, 6) is 1.02. The molecule has 0 radical (unpaired) electrons. The van der Waals surface area contributed by atoms with Crippen LogP contribution in [0, 0.1) is 0 Å². The minimum absolute atomic E-state index is 0.0125. The van der Waals surface area contributed by atoms with Gasteiger partial charge in [0.25, 0.3) is 0 Å². The molecule has 25 heavy (non-hydrogen) atoms. The first-order chi connectivity index (χ1) is 12.1. The fraction of sp³-hybridized carbons (Fsp3) is 0.667. The summed E-state index contributed by atoms with van der Waals surface area (Å²) in [7, 11) is 0. The highest BCUT2D eigenvalue weighted by molar-refractivity contribution is 5.87. The van der Waals surface area contributed by atoms with Gasteiger partial charge in [-0.1, -0.05) is 6.07 Å². The van der Waals surface area contributed by atoms with E-state index >= 15 is 0 Å². The van der Waals surface area contributed by atoms with Crippen LogP contribution in [0.3, 0.4) is 0 Å². The Balaban J connectivity index is 1.34. The molecule has 1 saturated carbocycles. The summed E-state index contributed by atoms with van der Waals surface area (Å²) >= 11 is 0. The zero-order valence-electron chi connectivity index (χ0n) is 14.5. The standard InChI is InChI=1S/C18H27N5O2/c19-18(5-3-6-18)17(25)23-12-14(15(24)13-23)21-8-10-22(11-9-21)16-4-1-2-7-20-16/h1-2,4,7,14-15,24H,3,5-6,8-13,19H2/t14-,15-/m0/s1. The molecule has 2 atom stereocenters. The molecule has 2 aliphatic heterocycles. The van der Waals surface area contributed by atoms with Crippen LogP contribution in [0.1, 0.15) is 19.3 Å². The van der Waals surface area contributed by atoms with Crippen LogP contribution in [0.4, 0.5) is 5.82 Å². The van der Waals surface area contributed by atoms with Crippen LogP contribution in [0.15, 0.2) is 24.4 Å². The third kappa shape index (κ3) is 3.12. The van der Waals surface area contributed by atoms with E-state index in [0.717, 1.165) is 51.3 Å². The van der Waals surface area contributed by atoms with Crippen LogP contribution in [0.5, 0.6) is 0 Å². The van der Waals surface area contributed by atoms with Crippen molar-refractivity contribution >= 4 is 11.7 Å². The monoisotopic (exact) mass is 345 g/mol. The molecule has 1 aromatic rings. The van der Waals surface area contributed by atoms with Crippen LogP contribution in [0.2, 0.25) is 0 Å². The number of likely N-dealkylation sites (tertiary alicyclic amines) is 1. The van der Waals surface area contributed by atoms with E-state index < -0.39 is 11.6 Å². The highest BCUT2D eigenvalue weighted by Crippen LogP contribution is 2.32. The summed E-state index contributed by atoms with van der Waals surface area (Å²) in [5, 5.41) is 10.5. The Bertz CT molecular complexity index is 613. The molecule has 3 N–H and O–H groups in total. The summed E-state index contributed by atoms with van der Waals surface area (Å²) in [6.45, 7) is 4.50. The Morgan fingerprint density at radius 1 is 1.20 bits per heavy atom. The van der Waals surface area contributed by atoms with Crippen molar-refractivity contribution in [3.8, 4) is 0 Å². The predicted molar refractivity (Wildman–Crippen MR) is 95.2 cm³/mol. The fourth-order valence-corrected chi connectivity index (χ4v) is 4.20. The van der Waals surface area contributed by atoms with Gasteiger partial charge < -0.3 is 20.6 Å². The van der Waals surface area contributed by atoms with E-state index in [9.17, 15) is 9.90 Å². The summed E-state index contributed by atoms with van der Waals surface area (Å²) in [6.07, 6.45) is 3.89. The Morgan fingerprint density at radius 3 is 2.56 bits per heavy atom. The maximum absolute atomic E-state index is 12.6. The van der Waals surface area contributed by atoms with Crippen molar-refractivity contribution in [2.45, 2.75) is 36.9 Å². The molecule has 0 aromatic carbocycles. The van der Waals surface area contributed by atoms with Crippen molar-refractivity contribution < 1.29 is 9.90 Å². The van der Waals surface area contributed by atoms with E-state index in [4.69, 9.17) is 5.73 Å². The molecule has 0 unspecified atom stereocenters. The Kier molecular flexibility index (Phi) is 4.39. The van der Waals surface area contributed by atoms with E-state index in [-0.39, 0.29) is 11.9 Å². The summed E-state index contributed by atoms with van der Waals surface area (Å²) < 4.78 is 0. The van der Waals surface area contributed by atoms with Gasteiger partial charge in [-0.05, 0) is 31.4 Å². The lowest BCUT2D eigenvalue weighted by atomic mass is 9.76. The molecule has 1 amide bonds. The van der Waals surface area contributed by atoms with E-state index in [1.165, 1.54) is 0 Å². The lowest BCUT2D eigenvalue weighted by molar-refractivity contribution is -0.139. The molecule has 2 saturated heterocycles. The van der Waals surface area contributed by atoms with Crippen molar-refractivity contribution in [2.24, 2.45) is 5.73 Å². The maximum atomic E-state index is 12.6. The number of pyridine rings is 1. The van der Waals surface area contributed by atoms with Gasteiger partial charge in [0, 0.05) is 45.5 Å². The first-order valence-corrected chi connectivity index (χ1v) is 9.23. The molecule has 1 aliphatic carbocycles. The summed E-state index contributed by atoms with van der Waals surface area (Å²) in [4.78, 5) is 23.4. The maximum Gasteiger partial charge on any atom is 0.242 e. The summed E-state index contributed by atoms with van der Waals surface area (Å²) in [5.41, 5.74) is 5.50. The fourth-order valence-electron chi connectivity index (χ4n) is 4.20. The number of carbonyl (C=O) groups excluding carboxylic acids is 1. The van der Waals surface area contributed by atoms with Crippen LogP contribution in [-0.2, 0) is 4.79 Å². The molecule has 4 rings (SSSR count). The largest absolute Gasteiger partial charge is 0.390 e. The van der Waals surface area contributed by atoms with Crippen LogP contribution >= 0.6 is 0 Å². The number of anilines is 1. The molecule has 136 valence electrons. The molecule has 3 heterocycles. The van der Waals surface area contributed by atoms with E-state index in [1.54, 1.807) is 4.90 Å². The van der Waals surface area contributed by atoms with Crippen molar-refractivity contribution in [1.29, 1.82) is 0 Å². The number of hydrogen-bond donors (Lipinski definition) is 2. The number of aliphatic hydroxyl groups excluding tert-OH is 1. The first-order valence-electron chi connectivity index (χ1n) is 9.23. The molecular formula is C18H27N5O2. The molecule has 3 fully saturated rings. The molecule has 3 aliphatic rings. The lowest BCUT2D eigenvalue weighted by Crippen LogP contribution is -2.59. The third-order valence-electron chi connectivity index (χ3n) is 5.97. The van der Waals surface area contributed by atoms with Crippen molar-refractivity contribution in [1.82, 2.24) is 14.8 Å². The molecule has 7 heteroatoms. The number of nitrogens with zero attached hydrogens (tertiary/aromatic N) is 4. The van der Waals surface area contributed by atoms with E-state index in [1.807, 2.05) is 24.4 Å². The lowest BCUT2D eigenvalue weighted by Gasteiger charge is -2.40. The number of hydrogen-bond acceptors (Lipinski definition) is 6. The Morgan fingerprint density at radius 2 is 1.96 bits per heavy atom. The van der Waals surface area contributed by atoms with Gasteiger partial charge in [-0.15, -0.1) is 0 Å². The average molecular weight is 345 g/mol. The van der Waals surface area contributed by atoms with Gasteiger partial charge in [-0.25, -0.2) is 4.98 Å². The molecule has 1 aromatic heterocycles. The predicted octanol–water partition coefficient (Wildman–Crippen LogP) is -0.343. The smallest absolute Gasteiger partial charge is 0.242 e. The topological polar surface area (TPSA) is 85.9 Å². The van der Waals surface area contributed by atoms with Gasteiger partial charge in [0.05, 0.1) is 17.7 Å². The van der Waals surface area contributed by atoms with Gasteiger partial charge in [0.15, 0.2) is 0 Å². The first kappa shape index (κ1) is 16.8. The number of carbonyl (C=O) groups is 1. The molecule has 0 spiro atoms. The van der Waals surface area contributed by atoms with Crippen LogP contribution < -0.4 is 10.6 Å². The molecule has 0 bridgehead atoms. The van der Waals surface area contributed by atoms with Gasteiger partial charge >= 0.3 is 0 Å². The second-order valence-electron chi connectivity index (χ2n) is 7.57. The van der Waals surface area contributed by atoms with Gasteiger partial charge in [-0.2, -0.15) is 0 Å². The number of aliphatic hydroxyl groups is 1. The number of β-amino-alcohol motifs (C(OH)–C–C–N with tert-alkyl or cyclic N) is 1. The van der Waals surface area contributed by atoms with E-state index in [2.05, 4.69) is 14.8 Å². The number of rotatable bonds is 3. The number of amides is 1. The minimum atomic E-state index is -0.674. The second kappa shape index (κ2) is 6.55. The quantitative estimate of drug-likeness (QED) is 0.779. The SMILES string of the molecule is NC1(C(=O)N2C[C@H](O)[C@@H](N3CCN(c4ccccn4)CC3)C2)CCC1. The Hall–Kier alpha value is -1.70. The molecular weight excluding hydrogens is 318 g/mol. The van der Waals surface area contributed by atoms with E-state index in [0.29, 0.717) is 13.1 Å². The van der Waals surface area contributed by atoms with Crippen molar-refractivity contribution in [3.05, 3.63) is 24.4 Å². The zero-order chi connectivity index (χ0) is 17.4. The van der Waals surface area contributed by atoms with Gasteiger partial charge in [0.2, 0.25) is 5.91 Å². The Labute approximate surface area is 148 Å². The third-order valence-corrected chi connectivity index (χ3v) is 5.97. The van der Waals surface area contributed by atoms with Crippen LogP contribution in [0.25, 0.3) is 0 Å². The second-order valence-corrected chi connectivity index (χ2v) is 7.57. The summed E-state index contributed by atoms with van der Waals surface area (Å²) in [6, 6.07) is 5.97.